The first kappa shape index (κ1) is 21.0. The van der Waals surface area contributed by atoms with Gasteiger partial charge in [0.2, 0.25) is 0 Å². The summed E-state index contributed by atoms with van der Waals surface area (Å²) in [7, 11) is 1.44. The number of hydrogen-bond acceptors (Lipinski definition) is 6. The maximum Gasteiger partial charge on any atom is 0.286 e. The molecule has 0 spiro atoms. The van der Waals surface area contributed by atoms with Gasteiger partial charge in [-0.2, -0.15) is 0 Å². The highest BCUT2D eigenvalue weighted by Crippen LogP contribution is 2.36. The predicted molar refractivity (Wildman–Crippen MR) is 100 cm³/mol. The number of aliphatic hydroxyl groups is 1. The molecule has 1 saturated heterocycles. The molecule has 1 N–H and O–H groups in total. The second kappa shape index (κ2) is 9.55. The molecule has 1 aliphatic heterocycles. The van der Waals surface area contributed by atoms with Gasteiger partial charge in [0.05, 0.1) is 30.8 Å². The molecular weight excluding hydrogens is 352 g/mol. The molecule has 1 aromatic rings. The molecule has 0 saturated carbocycles. The van der Waals surface area contributed by atoms with Crippen LogP contribution < -0.4 is 9.47 Å². The number of nitro groups is 1. The largest absolute Gasteiger partial charge is 0.493 e. The van der Waals surface area contributed by atoms with Gasteiger partial charge in [0.25, 0.3) is 11.6 Å². The lowest BCUT2D eigenvalue weighted by Crippen LogP contribution is -2.47. The molecular formula is C19H28N2O6. The predicted octanol–water partition coefficient (Wildman–Crippen LogP) is 3.16. The first-order valence-electron chi connectivity index (χ1n) is 9.41. The summed E-state index contributed by atoms with van der Waals surface area (Å²) in [6.45, 7) is 4.74. The fourth-order valence-corrected chi connectivity index (χ4v) is 3.31. The Kier molecular flexibility index (Phi) is 7.41. The number of ether oxygens (including phenoxy) is 2. The average Bonchev–Trinajstić information content (AvgIpc) is 2.66. The summed E-state index contributed by atoms with van der Waals surface area (Å²) in [5.41, 5.74) is -0.317. The van der Waals surface area contributed by atoms with Crippen LogP contribution in [0.3, 0.4) is 0 Å². The van der Waals surface area contributed by atoms with Crippen molar-refractivity contribution >= 4 is 11.6 Å². The number of methoxy groups -OCH3 is 1. The minimum Gasteiger partial charge on any atom is -0.493 e. The van der Waals surface area contributed by atoms with E-state index in [0.29, 0.717) is 38.2 Å². The maximum absolute atomic E-state index is 13.1. The number of unbranched alkanes of at least 4 members (excludes halogenated alkanes) is 1. The molecule has 1 fully saturated rings. The van der Waals surface area contributed by atoms with E-state index in [1.807, 2.05) is 13.8 Å². The Bertz CT molecular complexity index is 678. The highest BCUT2D eigenvalue weighted by Gasteiger charge is 2.34. The topological polar surface area (TPSA) is 102 Å². The summed E-state index contributed by atoms with van der Waals surface area (Å²) in [6, 6.07) is 2.51. The number of nitro benzene ring substituents is 1. The molecule has 27 heavy (non-hydrogen) atoms. The zero-order valence-corrected chi connectivity index (χ0v) is 16.1. The minimum absolute atomic E-state index is 0.0190. The third-order valence-corrected chi connectivity index (χ3v) is 4.88. The molecule has 0 bridgehead atoms. The number of aliphatic hydroxyl groups excluding tert-OH is 1. The van der Waals surface area contributed by atoms with Crippen molar-refractivity contribution in [2.75, 3.05) is 20.3 Å². The average molecular weight is 380 g/mol. The van der Waals surface area contributed by atoms with Crippen molar-refractivity contribution in [3.8, 4) is 11.5 Å². The van der Waals surface area contributed by atoms with Gasteiger partial charge < -0.3 is 19.5 Å². The fraction of sp³-hybridized carbons (Fsp3) is 0.632. The van der Waals surface area contributed by atoms with E-state index in [1.165, 1.54) is 19.2 Å². The zero-order chi connectivity index (χ0) is 20.0. The Hall–Kier alpha value is -2.35. The van der Waals surface area contributed by atoms with Crippen molar-refractivity contribution in [3.05, 3.63) is 27.8 Å². The smallest absolute Gasteiger partial charge is 0.286 e. The Morgan fingerprint density at radius 1 is 1.37 bits per heavy atom. The molecule has 0 radical (unpaired) electrons. The molecule has 0 unspecified atom stereocenters. The second-order valence-corrected chi connectivity index (χ2v) is 6.72. The van der Waals surface area contributed by atoms with Gasteiger partial charge in [-0.05, 0) is 25.7 Å². The van der Waals surface area contributed by atoms with E-state index < -0.39 is 16.9 Å². The summed E-state index contributed by atoms with van der Waals surface area (Å²) in [6.07, 6.45) is 2.91. The summed E-state index contributed by atoms with van der Waals surface area (Å²) < 4.78 is 10.9. The molecule has 1 aromatic carbocycles. The van der Waals surface area contributed by atoms with E-state index in [9.17, 15) is 20.0 Å². The number of piperidine rings is 1. The molecule has 8 nitrogen and oxygen atoms in total. The van der Waals surface area contributed by atoms with E-state index in [0.717, 1.165) is 12.8 Å². The number of rotatable bonds is 8. The van der Waals surface area contributed by atoms with Crippen LogP contribution in [0.4, 0.5) is 5.69 Å². The van der Waals surface area contributed by atoms with Gasteiger partial charge in [-0.1, -0.05) is 20.3 Å². The number of nitrogens with zero attached hydrogens (tertiary/aromatic N) is 2. The summed E-state index contributed by atoms with van der Waals surface area (Å²) in [5, 5.41) is 21.5. The highest BCUT2D eigenvalue weighted by atomic mass is 16.6. The molecule has 1 heterocycles. The number of likely N-dealkylation sites (tertiary alicyclic amines) is 1. The van der Waals surface area contributed by atoms with Crippen molar-refractivity contribution < 1.29 is 24.3 Å². The van der Waals surface area contributed by atoms with Crippen molar-refractivity contribution in [2.45, 2.75) is 58.1 Å². The Labute approximate surface area is 159 Å². The van der Waals surface area contributed by atoms with Crippen LogP contribution in [-0.4, -0.2) is 53.2 Å². The highest BCUT2D eigenvalue weighted by molar-refractivity contribution is 5.99. The maximum atomic E-state index is 13.1. The van der Waals surface area contributed by atoms with E-state index >= 15 is 0 Å². The van der Waals surface area contributed by atoms with Crippen LogP contribution in [0.5, 0.6) is 11.5 Å². The van der Waals surface area contributed by atoms with Crippen molar-refractivity contribution in [3.63, 3.8) is 0 Å². The number of benzene rings is 1. The summed E-state index contributed by atoms with van der Waals surface area (Å²) >= 11 is 0. The molecule has 1 aliphatic rings. The Balaban J connectivity index is 2.39. The molecule has 0 aliphatic carbocycles. The van der Waals surface area contributed by atoms with Crippen LogP contribution in [0.2, 0.25) is 0 Å². The van der Waals surface area contributed by atoms with E-state index in [1.54, 1.807) is 4.90 Å². The van der Waals surface area contributed by atoms with E-state index in [2.05, 4.69) is 0 Å². The SMILES string of the molecule is CCCCOc1cc([N+](=O)[O-])c(C(=O)N2CC[C@H](O)C[C@H]2CC)cc1OC. The molecule has 1 amide bonds. The van der Waals surface area contributed by atoms with E-state index in [4.69, 9.17) is 9.47 Å². The van der Waals surface area contributed by atoms with Crippen molar-refractivity contribution in [1.29, 1.82) is 0 Å². The molecule has 8 heteroatoms. The third kappa shape index (κ3) is 4.88. The van der Waals surface area contributed by atoms with E-state index in [-0.39, 0.29) is 23.0 Å². The summed E-state index contributed by atoms with van der Waals surface area (Å²) in [4.78, 5) is 25.7. The number of carbonyl (C=O) groups excluding carboxylic acids is 1. The van der Waals surface area contributed by atoms with Crippen LogP contribution in [0, 0.1) is 10.1 Å². The zero-order valence-electron chi connectivity index (χ0n) is 16.1. The first-order chi connectivity index (χ1) is 12.9. The van der Waals surface area contributed by atoms with Crippen LogP contribution in [0.1, 0.15) is 56.3 Å². The second-order valence-electron chi connectivity index (χ2n) is 6.72. The van der Waals surface area contributed by atoms with Crippen LogP contribution >= 0.6 is 0 Å². The lowest BCUT2D eigenvalue weighted by Gasteiger charge is -2.37. The quantitative estimate of drug-likeness (QED) is 0.422. The van der Waals surface area contributed by atoms with Gasteiger partial charge in [0, 0.05) is 18.7 Å². The fourth-order valence-electron chi connectivity index (χ4n) is 3.31. The van der Waals surface area contributed by atoms with Crippen molar-refractivity contribution in [1.82, 2.24) is 4.90 Å². The minimum atomic E-state index is -0.570. The normalized spacial score (nSPS) is 19.6. The van der Waals surface area contributed by atoms with Gasteiger partial charge in [-0.25, -0.2) is 0 Å². The molecule has 0 aromatic heterocycles. The third-order valence-electron chi connectivity index (χ3n) is 4.88. The van der Waals surface area contributed by atoms with Crippen LogP contribution in [0.15, 0.2) is 12.1 Å². The summed E-state index contributed by atoms with van der Waals surface area (Å²) in [5.74, 6) is 0.138. The Morgan fingerprint density at radius 3 is 2.70 bits per heavy atom. The number of carbonyl (C=O) groups is 1. The number of amides is 1. The van der Waals surface area contributed by atoms with Gasteiger partial charge >= 0.3 is 0 Å². The lowest BCUT2D eigenvalue weighted by molar-refractivity contribution is -0.385. The van der Waals surface area contributed by atoms with Gasteiger partial charge in [0.15, 0.2) is 11.5 Å². The van der Waals surface area contributed by atoms with Crippen LogP contribution in [0.25, 0.3) is 0 Å². The van der Waals surface area contributed by atoms with Crippen molar-refractivity contribution in [2.24, 2.45) is 0 Å². The lowest BCUT2D eigenvalue weighted by atomic mass is 9.96. The standard InChI is InChI=1S/C19H28N2O6/c1-4-6-9-27-18-12-16(21(24)25)15(11-17(18)26-3)19(23)20-8-7-14(22)10-13(20)5-2/h11-14,22H,4-10H2,1-3H3/t13-,14+/m1/s1. The molecule has 150 valence electrons. The monoisotopic (exact) mass is 380 g/mol. The molecule has 2 rings (SSSR count). The van der Waals surface area contributed by atoms with Gasteiger partial charge in [-0.15, -0.1) is 0 Å². The van der Waals surface area contributed by atoms with Crippen LogP contribution in [-0.2, 0) is 0 Å². The van der Waals surface area contributed by atoms with Gasteiger partial charge in [-0.3, -0.25) is 14.9 Å². The molecule has 2 atom stereocenters. The van der Waals surface area contributed by atoms with Gasteiger partial charge in [0.1, 0.15) is 5.56 Å². The first-order valence-corrected chi connectivity index (χ1v) is 9.41. The Morgan fingerprint density at radius 2 is 2.11 bits per heavy atom. The number of hydrogen-bond donors (Lipinski definition) is 1.